The number of amides is 1. The van der Waals surface area contributed by atoms with E-state index in [1.54, 1.807) is 6.33 Å². The zero-order chi connectivity index (χ0) is 13.2. The van der Waals surface area contributed by atoms with Gasteiger partial charge in [-0.3, -0.25) is 4.79 Å². The maximum Gasteiger partial charge on any atom is 0.227 e. The van der Waals surface area contributed by atoms with Gasteiger partial charge in [0, 0.05) is 13.6 Å². The molecule has 2 N–H and O–H groups in total. The molecule has 0 radical (unpaired) electrons. The molecule has 0 aromatic carbocycles. The first kappa shape index (κ1) is 13.0. The molecule has 2 atom stereocenters. The summed E-state index contributed by atoms with van der Waals surface area (Å²) in [7, 11) is 1.88. The van der Waals surface area contributed by atoms with Crippen LogP contribution in [0.4, 0.5) is 0 Å². The van der Waals surface area contributed by atoms with Crippen LogP contribution in [0.2, 0.25) is 0 Å². The lowest BCUT2D eigenvalue weighted by atomic mass is 9.82. The fourth-order valence-corrected chi connectivity index (χ4v) is 2.37. The van der Waals surface area contributed by atoms with Gasteiger partial charge in [0.05, 0.1) is 11.5 Å². The van der Waals surface area contributed by atoms with Crippen LogP contribution in [0.25, 0.3) is 0 Å². The van der Waals surface area contributed by atoms with E-state index in [2.05, 4.69) is 20.8 Å². The highest BCUT2D eigenvalue weighted by Gasteiger charge is 2.35. The maximum atomic E-state index is 12.3. The number of nitrogens with one attached hydrogen (secondary N) is 2. The lowest BCUT2D eigenvalue weighted by Gasteiger charge is -2.33. The second-order valence-corrected chi connectivity index (χ2v) is 5.34. The van der Waals surface area contributed by atoms with E-state index in [1.807, 2.05) is 25.5 Å². The van der Waals surface area contributed by atoms with Gasteiger partial charge in [-0.15, -0.1) is 10.2 Å². The summed E-state index contributed by atoms with van der Waals surface area (Å²) >= 11 is 0. The predicted molar refractivity (Wildman–Crippen MR) is 67.8 cm³/mol. The van der Waals surface area contributed by atoms with Gasteiger partial charge in [-0.25, -0.2) is 0 Å². The molecule has 1 aromatic rings. The van der Waals surface area contributed by atoms with Gasteiger partial charge in [-0.1, -0.05) is 0 Å². The summed E-state index contributed by atoms with van der Waals surface area (Å²) in [4.78, 5) is 12.3. The normalized spacial score (nSPS) is 25.7. The van der Waals surface area contributed by atoms with Gasteiger partial charge in [-0.2, -0.15) is 0 Å². The fraction of sp³-hybridized carbons (Fsp3) is 0.750. The Kier molecular flexibility index (Phi) is 3.65. The molecule has 1 fully saturated rings. The van der Waals surface area contributed by atoms with Crippen LogP contribution >= 0.6 is 0 Å². The van der Waals surface area contributed by atoms with Crippen molar-refractivity contribution in [3.05, 3.63) is 12.2 Å². The minimum Gasteiger partial charge on any atom is -0.346 e. The van der Waals surface area contributed by atoms with Crippen molar-refractivity contribution in [2.24, 2.45) is 12.5 Å². The van der Waals surface area contributed by atoms with E-state index < -0.39 is 0 Å². The molecule has 6 nitrogen and oxygen atoms in total. The first-order chi connectivity index (χ1) is 8.53. The number of hydrogen-bond acceptors (Lipinski definition) is 4. The largest absolute Gasteiger partial charge is 0.346 e. The molecule has 1 aliphatic rings. The molecule has 18 heavy (non-hydrogen) atoms. The number of aryl methyl sites for hydroxylation is 1. The zero-order valence-electron chi connectivity index (χ0n) is 11.2. The number of carbonyl (C=O) groups is 1. The van der Waals surface area contributed by atoms with Crippen molar-refractivity contribution in [2.45, 2.75) is 32.7 Å². The van der Waals surface area contributed by atoms with E-state index in [0.29, 0.717) is 0 Å². The monoisotopic (exact) mass is 251 g/mol. The number of carbonyl (C=O) groups excluding carboxylic acids is 1. The second-order valence-electron chi connectivity index (χ2n) is 5.34. The molecule has 0 saturated carbocycles. The van der Waals surface area contributed by atoms with Crippen molar-refractivity contribution in [3.63, 3.8) is 0 Å². The Morgan fingerprint density at radius 1 is 1.67 bits per heavy atom. The summed E-state index contributed by atoms with van der Waals surface area (Å²) in [6.07, 6.45) is 3.61. The van der Waals surface area contributed by atoms with Crippen molar-refractivity contribution in [3.8, 4) is 0 Å². The number of hydrogen-bond donors (Lipinski definition) is 2. The third-order valence-corrected chi connectivity index (χ3v) is 3.63. The van der Waals surface area contributed by atoms with Gasteiger partial charge in [0.15, 0.2) is 5.82 Å². The number of piperidine rings is 1. The van der Waals surface area contributed by atoms with E-state index in [-0.39, 0.29) is 17.4 Å². The minimum atomic E-state index is -0.314. The molecule has 2 heterocycles. The summed E-state index contributed by atoms with van der Waals surface area (Å²) < 4.78 is 1.83. The Morgan fingerprint density at radius 3 is 3.00 bits per heavy atom. The van der Waals surface area contributed by atoms with Gasteiger partial charge in [-0.05, 0) is 33.2 Å². The summed E-state index contributed by atoms with van der Waals surface area (Å²) in [5.41, 5.74) is -0.314. The number of aromatic nitrogens is 3. The lowest BCUT2D eigenvalue weighted by molar-refractivity contribution is -0.131. The minimum absolute atomic E-state index is 0.0881. The highest BCUT2D eigenvalue weighted by Crippen LogP contribution is 2.26. The first-order valence-corrected chi connectivity index (χ1v) is 6.38. The Hall–Kier alpha value is -1.43. The lowest BCUT2D eigenvalue weighted by Crippen LogP contribution is -2.49. The molecule has 6 heteroatoms. The SMILES string of the molecule is CC(NC(=O)C1(C)CCCNC1)c1nncn1C. The number of nitrogens with zero attached hydrogens (tertiary/aromatic N) is 3. The summed E-state index contributed by atoms with van der Waals surface area (Å²) in [5.74, 6) is 0.862. The van der Waals surface area contributed by atoms with Gasteiger partial charge >= 0.3 is 0 Å². The molecule has 1 amide bonds. The van der Waals surface area contributed by atoms with E-state index in [4.69, 9.17) is 0 Å². The van der Waals surface area contributed by atoms with Crippen molar-refractivity contribution in [1.82, 2.24) is 25.4 Å². The first-order valence-electron chi connectivity index (χ1n) is 6.38. The molecule has 100 valence electrons. The molecule has 0 bridgehead atoms. The molecule has 2 rings (SSSR count). The molecular weight excluding hydrogens is 230 g/mol. The van der Waals surface area contributed by atoms with Crippen LogP contribution in [0.15, 0.2) is 6.33 Å². The van der Waals surface area contributed by atoms with Gasteiger partial charge in [0.25, 0.3) is 0 Å². The molecular formula is C12H21N5O. The smallest absolute Gasteiger partial charge is 0.227 e. The molecule has 1 aromatic heterocycles. The number of rotatable bonds is 3. The second kappa shape index (κ2) is 5.06. The Bertz CT molecular complexity index is 422. The molecule has 0 spiro atoms. The van der Waals surface area contributed by atoms with Crippen molar-refractivity contribution < 1.29 is 4.79 Å². The van der Waals surface area contributed by atoms with E-state index in [9.17, 15) is 4.79 Å². The maximum absolute atomic E-state index is 12.3. The molecule has 1 aliphatic heterocycles. The van der Waals surface area contributed by atoms with Crippen molar-refractivity contribution >= 4 is 5.91 Å². The third-order valence-electron chi connectivity index (χ3n) is 3.63. The Morgan fingerprint density at radius 2 is 2.44 bits per heavy atom. The summed E-state index contributed by atoms with van der Waals surface area (Å²) in [6.45, 7) is 5.69. The quantitative estimate of drug-likeness (QED) is 0.815. The van der Waals surface area contributed by atoms with Gasteiger partial charge < -0.3 is 15.2 Å². The van der Waals surface area contributed by atoms with E-state index in [1.165, 1.54) is 0 Å². The van der Waals surface area contributed by atoms with Crippen LogP contribution in [0, 0.1) is 5.41 Å². The highest BCUT2D eigenvalue weighted by molar-refractivity contribution is 5.82. The zero-order valence-corrected chi connectivity index (χ0v) is 11.2. The van der Waals surface area contributed by atoms with Crippen LogP contribution in [0.3, 0.4) is 0 Å². The molecule has 1 saturated heterocycles. The average molecular weight is 251 g/mol. The van der Waals surface area contributed by atoms with Gasteiger partial charge in [0.1, 0.15) is 6.33 Å². The van der Waals surface area contributed by atoms with Crippen molar-refractivity contribution in [1.29, 1.82) is 0 Å². The van der Waals surface area contributed by atoms with Crippen LogP contribution in [-0.4, -0.2) is 33.8 Å². The topological polar surface area (TPSA) is 71.8 Å². The highest BCUT2D eigenvalue weighted by atomic mass is 16.2. The van der Waals surface area contributed by atoms with E-state index >= 15 is 0 Å². The molecule has 0 aliphatic carbocycles. The van der Waals surface area contributed by atoms with Crippen molar-refractivity contribution in [2.75, 3.05) is 13.1 Å². The van der Waals surface area contributed by atoms with Crippen LogP contribution in [0.5, 0.6) is 0 Å². The van der Waals surface area contributed by atoms with Crippen LogP contribution in [-0.2, 0) is 11.8 Å². The summed E-state index contributed by atoms with van der Waals surface area (Å²) in [6, 6.07) is -0.122. The average Bonchev–Trinajstić information content (AvgIpc) is 2.76. The van der Waals surface area contributed by atoms with Crippen LogP contribution in [0.1, 0.15) is 38.6 Å². The Balaban J connectivity index is 2.01. The third kappa shape index (κ3) is 2.53. The standard InChI is InChI=1S/C12H21N5O/c1-9(10-16-14-8-17(10)3)15-11(18)12(2)5-4-6-13-7-12/h8-9,13H,4-7H2,1-3H3,(H,15,18). The predicted octanol–water partition coefficient (Wildman–Crippen LogP) is 0.382. The fourth-order valence-electron chi connectivity index (χ4n) is 2.37. The van der Waals surface area contributed by atoms with Gasteiger partial charge in [0.2, 0.25) is 5.91 Å². The molecule has 2 unspecified atom stereocenters. The Labute approximate surface area is 107 Å². The summed E-state index contributed by atoms with van der Waals surface area (Å²) in [5, 5.41) is 14.2. The van der Waals surface area contributed by atoms with Crippen LogP contribution < -0.4 is 10.6 Å². The van der Waals surface area contributed by atoms with E-state index in [0.717, 1.165) is 31.8 Å².